The minimum absolute atomic E-state index is 0.165. The SMILES string of the molecule is Cc1cc(C)cc(NC(=O)[C@@H]2CCCC[C@@H]2C(=O)O)c1. The molecule has 0 bridgehead atoms. The van der Waals surface area contributed by atoms with Crippen LogP contribution in [-0.4, -0.2) is 17.0 Å². The molecule has 1 aliphatic carbocycles. The highest BCUT2D eigenvalue weighted by atomic mass is 16.4. The van der Waals surface area contributed by atoms with Crippen molar-refractivity contribution in [1.82, 2.24) is 0 Å². The molecule has 2 N–H and O–H groups in total. The highest BCUT2D eigenvalue weighted by molar-refractivity contribution is 5.95. The maximum Gasteiger partial charge on any atom is 0.307 e. The summed E-state index contributed by atoms with van der Waals surface area (Å²) in [6.07, 6.45) is 3.08. The average Bonchev–Trinajstić information content (AvgIpc) is 2.37. The number of hydrogen-bond acceptors (Lipinski definition) is 2. The van der Waals surface area contributed by atoms with Crippen molar-refractivity contribution in [3.63, 3.8) is 0 Å². The predicted molar refractivity (Wildman–Crippen MR) is 77.6 cm³/mol. The largest absolute Gasteiger partial charge is 0.481 e. The average molecular weight is 275 g/mol. The van der Waals surface area contributed by atoms with Gasteiger partial charge in [-0.2, -0.15) is 0 Å². The van der Waals surface area contributed by atoms with Crippen molar-refractivity contribution in [3.05, 3.63) is 29.3 Å². The number of carbonyl (C=O) groups excluding carboxylic acids is 1. The van der Waals surface area contributed by atoms with Crippen LogP contribution in [0.5, 0.6) is 0 Å². The van der Waals surface area contributed by atoms with Crippen molar-refractivity contribution in [2.75, 3.05) is 5.32 Å². The topological polar surface area (TPSA) is 66.4 Å². The third kappa shape index (κ3) is 3.38. The van der Waals surface area contributed by atoms with Crippen LogP contribution >= 0.6 is 0 Å². The molecule has 2 rings (SSSR count). The zero-order chi connectivity index (χ0) is 14.7. The van der Waals surface area contributed by atoms with E-state index in [0.717, 1.165) is 29.7 Å². The molecule has 4 nitrogen and oxygen atoms in total. The number of carbonyl (C=O) groups is 2. The molecule has 1 aromatic carbocycles. The van der Waals surface area contributed by atoms with Crippen LogP contribution < -0.4 is 5.32 Å². The summed E-state index contributed by atoms with van der Waals surface area (Å²) in [5.41, 5.74) is 2.92. The lowest BCUT2D eigenvalue weighted by Gasteiger charge is -2.27. The molecule has 0 aromatic heterocycles. The Morgan fingerprint density at radius 3 is 2.15 bits per heavy atom. The molecule has 2 atom stereocenters. The van der Waals surface area contributed by atoms with Crippen LogP contribution in [0.4, 0.5) is 5.69 Å². The molecule has 0 unspecified atom stereocenters. The summed E-state index contributed by atoms with van der Waals surface area (Å²) in [7, 11) is 0. The molecular formula is C16H21NO3. The third-order valence-corrected chi connectivity index (χ3v) is 3.91. The maximum atomic E-state index is 12.3. The van der Waals surface area contributed by atoms with Crippen molar-refractivity contribution in [2.24, 2.45) is 11.8 Å². The number of amides is 1. The summed E-state index contributed by atoms with van der Waals surface area (Å²) in [5, 5.41) is 12.1. The van der Waals surface area contributed by atoms with E-state index in [1.54, 1.807) is 0 Å². The smallest absolute Gasteiger partial charge is 0.307 e. The van der Waals surface area contributed by atoms with Gasteiger partial charge in [0.25, 0.3) is 0 Å². The number of carboxylic acid groups (broad SMARTS) is 1. The molecule has 0 aliphatic heterocycles. The lowest BCUT2D eigenvalue weighted by atomic mass is 9.78. The molecule has 1 fully saturated rings. The lowest BCUT2D eigenvalue weighted by Crippen LogP contribution is -2.36. The zero-order valence-electron chi connectivity index (χ0n) is 12.0. The molecule has 1 aliphatic rings. The molecule has 4 heteroatoms. The number of hydrogen-bond donors (Lipinski definition) is 2. The van der Waals surface area contributed by atoms with Crippen molar-refractivity contribution in [2.45, 2.75) is 39.5 Å². The molecule has 1 saturated carbocycles. The fraction of sp³-hybridized carbons (Fsp3) is 0.500. The van der Waals surface area contributed by atoms with Gasteiger partial charge in [-0.3, -0.25) is 9.59 Å². The van der Waals surface area contributed by atoms with E-state index in [-0.39, 0.29) is 5.91 Å². The van der Waals surface area contributed by atoms with Gasteiger partial charge in [-0.15, -0.1) is 0 Å². The van der Waals surface area contributed by atoms with E-state index in [1.165, 1.54) is 0 Å². The van der Waals surface area contributed by atoms with Gasteiger partial charge in [0.05, 0.1) is 11.8 Å². The van der Waals surface area contributed by atoms with Crippen molar-refractivity contribution >= 4 is 17.6 Å². The molecular weight excluding hydrogens is 254 g/mol. The Morgan fingerprint density at radius 2 is 1.60 bits per heavy atom. The van der Waals surface area contributed by atoms with E-state index in [0.29, 0.717) is 12.8 Å². The first kappa shape index (κ1) is 14.6. The third-order valence-electron chi connectivity index (χ3n) is 3.91. The van der Waals surface area contributed by atoms with E-state index >= 15 is 0 Å². The molecule has 0 radical (unpaired) electrons. The van der Waals surface area contributed by atoms with Gasteiger partial charge in [0.2, 0.25) is 5.91 Å². The first-order valence-electron chi connectivity index (χ1n) is 7.09. The second-order valence-corrected chi connectivity index (χ2v) is 5.70. The number of carboxylic acids is 1. The second-order valence-electron chi connectivity index (χ2n) is 5.70. The number of aliphatic carboxylic acids is 1. The van der Waals surface area contributed by atoms with Gasteiger partial charge in [-0.1, -0.05) is 18.9 Å². The molecule has 1 amide bonds. The zero-order valence-corrected chi connectivity index (χ0v) is 12.0. The molecule has 0 saturated heterocycles. The van der Waals surface area contributed by atoms with Crippen LogP contribution in [0, 0.1) is 25.7 Å². The van der Waals surface area contributed by atoms with Crippen LogP contribution in [0.3, 0.4) is 0 Å². The highest BCUT2D eigenvalue weighted by Crippen LogP contribution is 2.31. The molecule has 20 heavy (non-hydrogen) atoms. The molecule has 0 heterocycles. The summed E-state index contributed by atoms with van der Waals surface area (Å²) >= 11 is 0. The van der Waals surface area contributed by atoms with E-state index in [9.17, 15) is 14.7 Å². The Labute approximate surface area is 119 Å². The second kappa shape index (κ2) is 6.07. The van der Waals surface area contributed by atoms with Crippen LogP contribution in [0.2, 0.25) is 0 Å². The van der Waals surface area contributed by atoms with Crippen molar-refractivity contribution in [3.8, 4) is 0 Å². The van der Waals surface area contributed by atoms with Crippen LogP contribution in [0.15, 0.2) is 18.2 Å². The Balaban J connectivity index is 2.11. The number of benzene rings is 1. The monoisotopic (exact) mass is 275 g/mol. The fourth-order valence-corrected chi connectivity index (χ4v) is 3.02. The normalized spacial score (nSPS) is 22.3. The standard InChI is InChI=1S/C16H21NO3/c1-10-7-11(2)9-12(8-10)17-15(18)13-5-3-4-6-14(13)16(19)20/h7-9,13-14H,3-6H2,1-2H3,(H,17,18)(H,19,20)/t13-,14+/m1/s1. The fourth-order valence-electron chi connectivity index (χ4n) is 3.02. The van der Waals surface area contributed by atoms with Gasteiger partial charge < -0.3 is 10.4 Å². The summed E-state index contributed by atoms with van der Waals surface area (Å²) in [5.74, 6) is -1.98. The van der Waals surface area contributed by atoms with E-state index in [2.05, 4.69) is 5.32 Å². The Morgan fingerprint density at radius 1 is 1.05 bits per heavy atom. The van der Waals surface area contributed by atoms with Gasteiger partial charge >= 0.3 is 5.97 Å². The van der Waals surface area contributed by atoms with Crippen LogP contribution in [0.25, 0.3) is 0 Å². The molecule has 0 spiro atoms. The minimum Gasteiger partial charge on any atom is -0.481 e. The summed E-state index contributed by atoms with van der Waals surface area (Å²) in [6.45, 7) is 3.95. The predicted octanol–water partition coefficient (Wildman–Crippen LogP) is 3.13. The number of nitrogens with one attached hydrogen (secondary N) is 1. The first-order chi connectivity index (χ1) is 9.47. The van der Waals surface area contributed by atoms with Crippen molar-refractivity contribution < 1.29 is 14.7 Å². The van der Waals surface area contributed by atoms with Gasteiger partial charge in [0.1, 0.15) is 0 Å². The minimum atomic E-state index is -0.856. The number of anilines is 1. The van der Waals surface area contributed by atoms with Crippen LogP contribution in [-0.2, 0) is 9.59 Å². The number of aryl methyl sites for hydroxylation is 2. The highest BCUT2D eigenvalue weighted by Gasteiger charge is 2.35. The van der Waals surface area contributed by atoms with Gasteiger partial charge in [-0.05, 0) is 49.9 Å². The number of rotatable bonds is 3. The maximum absolute atomic E-state index is 12.3. The summed E-state index contributed by atoms with van der Waals surface area (Å²) in [4.78, 5) is 23.6. The Kier molecular flexibility index (Phi) is 4.42. The Hall–Kier alpha value is -1.84. The quantitative estimate of drug-likeness (QED) is 0.890. The van der Waals surface area contributed by atoms with E-state index in [4.69, 9.17) is 0 Å². The Bertz CT molecular complexity index is 504. The van der Waals surface area contributed by atoms with Crippen molar-refractivity contribution in [1.29, 1.82) is 0 Å². The molecule has 108 valence electrons. The van der Waals surface area contributed by atoms with Crippen LogP contribution in [0.1, 0.15) is 36.8 Å². The summed E-state index contributed by atoms with van der Waals surface area (Å²) in [6, 6.07) is 5.85. The van der Waals surface area contributed by atoms with Gasteiger partial charge in [0, 0.05) is 5.69 Å². The first-order valence-corrected chi connectivity index (χ1v) is 7.09. The van der Waals surface area contributed by atoms with E-state index in [1.807, 2.05) is 32.0 Å². The van der Waals surface area contributed by atoms with Gasteiger partial charge in [-0.25, -0.2) is 0 Å². The van der Waals surface area contributed by atoms with Gasteiger partial charge in [0.15, 0.2) is 0 Å². The van der Waals surface area contributed by atoms with E-state index < -0.39 is 17.8 Å². The molecule has 1 aromatic rings. The lowest BCUT2D eigenvalue weighted by molar-refractivity contribution is -0.147. The summed E-state index contributed by atoms with van der Waals surface area (Å²) < 4.78 is 0.